The third-order valence-electron chi connectivity index (χ3n) is 0.467. The smallest absolute Gasteiger partial charge is 0.0428 e. The van der Waals surface area contributed by atoms with Crippen molar-refractivity contribution in [3.8, 4) is 0 Å². The van der Waals surface area contributed by atoms with Gasteiger partial charge in [0.15, 0.2) is 0 Å². The molecule has 0 aromatic heterocycles. The Morgan fingerprint density at radius 1 is 1.60 bits per heavy atom. The lowest BCUT2D eigenvalue weighted by Crippen LogP contribution is -2.03. The Bertz CT molecular complexity index is 145. The predicted molar refractivity (Wildman–Crippen MR) is 22.1 cm³/mol. The first kappa shape index (κ1) is 0.784. The van der Waals surface area contributed by atoms with E-state index < -0.39 is 19.3 Å². The van der Waals surface area contributed by atoms with E-state index in [0.717, 1.165) is 0 Å². The van der Waals surface area contributed by atoms with Crippen molar-refractivity contribution in [1.29, 1.82) is 0 Å². The highest BCUT2D eigenvalue weighted by Crippen LogP contribution is 1.90. The average molecular weight is 76.2 g/mol. The van der Waals surface area contributed by atoms with Gasteiger partial charge < -0.3 is 5.32 Å². The second kappa shape index (κ2) is 1.41. The fourth-order valence-electron chi connectivity index (χ4n) is 0.255. The molecule has 0 aromatic carbocycles. The lowest BCUT2D eigenvalue weighted by Gasteiger charge is -1.76. The zero-order chi connectivity index (χ0) is 7.99. The molecule has 0 saturated carbocycles. The first-order chi connectivity index (χ1) is 4.38. The van der Waals surface area contributed by atoms with Crippen molar-refractivity contribution in [3.05, 3.63) is 0 Å². The number of rotatable bonds is 0. The van der Waals surface area contributed by atoms with E-state index in [1.165, 1.54) is 0 Å². The number of hydrogen-bond acceptors (Lipinski definition) is 1. The van der Waals surface area contributed by atoms with Crippen LogP contribution in [0.5, 0.6) is 0 Å². The predicted octanol–water partition coefficient (Wildman–Crippen LogP) is 0.370. The molecule has 1 N–H and O–H groups in total. The molecule has 30 valence electrons. The van der Waals surface area contributed by atoms with Crippen LogP contribution in [-0.4, -0.2) is 13.1 Å². The summed E-state index contributed by atoms with van der Waals surface area (Å²) in [6.45, 7) is -1.21. The molecule has 5 heavy (non-hydrogen) atoms. The van der Waals surface area contributed by atoms with E-state index >= 15 is 0 Å². The van der Waals surface area contributed by atoms with E-state index in [2.05, 4.69) is 5.32 Å². The molecule has 1 saturated heterocycles. The minimum Gasteiger partial charge on any atom is -0.317 e. The first-order valence-electron chi connectivity index (χ1n) is 4.11. The zero-order valence-corrected chi connectivity index (χ0v) is 2.78. The number of hydrogen-bond donors (Lipinski definition) is 1. The first-order valence-corrected chi connectivity index (χ1v) is 1.53. The van der Waals surface area contributed by atoms with Crippen LogP contribution in [0.2, 0.25) is 0 Å². The summed E-state index contributed by atoms with van der Waals surface area (Å²) >= 11 is 0. The Balaban J connectivity index is 2.84. The van der Waals surface area contributed by atoms with Crippen molar-refractivity contribution in [1.82, 2.24) is 5.32 Å². The monoisotopic (exact) mass is 76.1 g/mol. The third kappa shape index (κ3) is 0.618. The second-order valence-electron chi connectivity index (χ2n) is 0.846. The lowest BCUT2D eigenvalue weighted by atomic mass is 10.4. The molecule has 1 atom stereocenters. The van der Waals surface area contributed by atoms with E-state index in [4.69, 9.17) is 6.85 Å². The van der Waals surface area contributed by atoms with Gasteiger partial charge in [-0.1, -0.05) is 0 Å². The van der Waals surface area contributed by atoms with Crippen LogP contribution >= 0.6 is 0 Å². The molecule has 0 bridgehead atoms. The van der Waals surface area contributed by atoms with E-state index in [-0.39, 0.29) is 6.54 Å². The van der Waals surface area contributed by atoms with Crippen molar-refractivity contribution in [2.45, 2.75) is 12.7 Å². The highest BCUT2D eigenvalue weighted by atomic mass is 14.9. The van der Waals surface area contributed by atoms with Gasteiger partial charge in [-0.2, -0.15) is 0 Å². The molecule has 1 fully saturated rings. The molecule has 1 heteroatoms. The second-order valence-corrected chi connectivity index (χ2v) is 0.846. The Labute approximate surface area is 39.4 Å². The van der Waals surface area contributed by atoms with Gasteiger partial charge in [0.1, 0.15) is 0 Å². The summed E-state index contributed by atoms with van der Waals surface area (Å²) in [4.78, 5) is 0. The van der Waals surface area contributed by atoms with Crippen LogP contribution < -0.4 is 5.32 Å². The Morgan fingerprint density at radius 3 is 2.80 bits per heavy atom. The summed E-state index contributed by atoms with van der Waals surface area (Å²) < 4.78 is 35.6. The van der Waals surface area contributed by atoms with Gasteiger partial charge in [-0.15, -0.1) is 0 Å². The molecule has 1 nitrogen and oxygen atoms in total. The fraction of sp³-hybridized carbons (Fsp3) is 1.00. The third-order valence-corrected chi connectivity index (χ3v) is 0.467. The van der Waals surface area contributed by atoms with Crippen molar-refractivity contribution in [3.63, 3.8) is 0 Å². The molecule has 1 rings (SSSR count). The molecule has 1 unspecified atom stereocenters. The number of nitrogens with one attached hydrogen (secondary N) is 1. The summed E-state index contributed by atoms with van der Waals surface area (Å²) in [5.41, 5.74) is 0. The zero-order valence-electron chi connectivity index (χ0n) is 7.78. The molecule has 1 heterocycles. The van der Waals surface area contributed by atoms with Gasteiger partial charge in [0.05, 0.1) is 0 Å². The van der Waals surface area contributed by atoms with Gasteiger partial charge in [0.2, 0.25) is 0 Å². The van der Waals surface area contributed by atoms with Crippen LogP contribution in [0.25, 0.3) is 0 Å². The van der Waals surface area contributed by atoms with Crippen molar-refractivity contribution < 1.29 is 6.85 Å². The maximum absolute atomic E-state index is 7.14. The van der Waals surface area contributed by atoms with Gasteiger partial charge in [0, 0.05) is 6.85 Å². The maximum atomic E-state index is 7.14. The summed E-state index contributed by atoms with van der Waals surface area (Å²) in [7, 11) is 0. The minimum atomic E-state index is -2.06. The average Bonchev–Trinajstić information content (AvgIpc) is 1.94. The van der Waals surface area contributed by atoms with Crippen molar-refractivity contribution in [2.24, 2.45) is 0 Å². The summed E-state index contributed by atoms with van der Waals surface area (Å²) in [6, 6.07) is 0. The Kier molecular flexibility index (Phi) is 0.221. The van der Waals surface area contributed by atoms with Gasteiger partial charge in [-0.05, 0) is 25.8 Å². The van der Waals surface area contributed by atoms with Crippen LogP contribution in [0.15, 0.2) is 0 Å². The minimum absolute atomic E-state index is 0.0752. The summed E-state index contributed by atoms with van der Waals surface area (Å²) in [6.07, 6.45) is -3.97. The van der Waals surface area contributed by atoms with Gasteiger partial charge >= 0.3 is 0 Å². The molecule has 0 amide bonds. The van der Waals surface area contributed by atoms with Gasteiger partial charge in [-0.25, -0.2) is 0 Å². The van der Waals surface area contributed by atoms with Crippen LogP contribution in [0.1, 0.15) is 19.6 Å². The van der Waals surface area contributed by atoms with Crippen LogP contribution in [-0.2, 0) is 0 Å². The normalized spacial score (nSPS) is 73.6. The van der Waals surface area contributed by atoms with Gasteiger partial charge in [0.25, 0.3) is 0 Å². The van der Waals surface area contributed by atoms with Crippen molar-refractivity contribution in [2.75, 3.05) is 13.1 Å². The maximum Gasteiger partial charge on any atom is 0.0428 e. The Morgan fingerprint density at radius 2 is 2.60 bits per heavy atom. The van der Waals surface area contributed by atoms with E-state index in [0.29, 0.717) is 0 Å². The largest absolute Gasteiger partial charge is 0.317 e. The summed E-state index contributed by atoms with van der Waals surface area (Å²) in [5, 5.41) is 2.42. The quantitative estimate of drug-likeness (QED) is 0.439. The molecule has 0 aliphatic carbocycles. The van der Waals surface area contributed by atoms with Gasteiger partial charge in [-0.3, -0.25) is 0 Å². The highest BCUT2D eigenvalue weighted by Gasteiger charge is 1.93. The molecule has 0 spiro atoms. The molecular weight excluding hydrogens is 62.1 g/mol. The molecule has 0 radical (unpaired) electrons. The summed E-state index contributed by atoms with van der Waals surface area (Å²) in [5.74, 6) is 0. The molecular formula is C4H9N. The molecule has 1 aliphatic heterocycles. The van der Waals surface area contributed by atoms with Crippen LogP contribution in [0.4, 0.5) is 0 Å². The van der Waals surface area contributed by atoms with E-state index in [9.17, 15) is 0 Å². The SMILES string of the molecule is [2H]C1NCC([2H])([2H])C1([2H])[2H]. The lowest BCUT2D eigenvalue weighted by molar-refractivity contribution is 0.857. The van der Waals surface area contributed by atoms with Crippen LogP contribution in [0, 0.1) is 0 Å². The van der Waals surface area contributed by atoms with Crippen molar-refractivity contribution >= 4 is 0 Å². The molecule has 1 aliphatic rings. The van der Waals surface area contributed by atoms with E-state index in [1.54, 1.807) is 0 Å². The van der Waals surface area contributed by atoms with Crippen LogP contribution in [0.3, 0.4) is 0 Å². The molecule has 0 aromatic rings. The Hall–Kier alpha value is -0.0400. The van der Waals surface area contributed by atoms with E-state index in [1.807, 2.05) is 0 Å². The fourth-order valence-corrected chi connectivity index (χ4v) is 0.255. The standard InChI is InChI=1S/C4H9N/c1-2-4-5-3-1/h5H,1-4H2/i1D2,2D2,3D. The topological polar surface area (TPSA) is 12.0 Å². The highest BCUT2D eigenvalue weighted by molar-refractivity contribution is 4.55.